The zero-order valence-corrected chi connectivity index (χ0v) is 12.6. The fraction of sp³-hybridized carbons (Fsp3) is 0.357. The minimum atomic E-state index is -0.330. The van der Waals surface area contributed by atoms with Gasteiger partial charge in [0.2, 0.25) is 0 Å². The Bertz CT molecular complexity index is 624. The highest BCUT2D eigenvalue weighted by Gasteiger charge is 2.22. The number of nitrogens with two attached hydrogens (primary N) is 1. The second-order valence-corrected chi connectivity index (χ2v) is 5.40. The molecule has 0 radical (unpaired) electrons. The molecule has 108 valence electrons. The molecule has 0 aliphatic heterocycles. The standard InChI is InChI=1S/C14H18N2O3S/c1-16(7-6-15)12-10-8-9(18-2)4-5-11(10)20-13(12)14(17)19-3/h4-5,8H,6-7,15H2,1-3H3. The van der Waals surface area contributed by atoms with Crippen molar-refractivity contribution in [3.63, 3.8) is 0 Å². The van der Waals surface area contributed by atoms with E-state index < -0.39 is 0 Å². The van der Waals surface area contributed by atoms with Gasteiger partial charge in [-0.15, -0.1) is 11.3 Å². The maximum atomic E-state index is 12.0. The summed E-state index contributed by atoms with van der Waals surface area (Å²) in [6, 6.07) is 5.76. The largest absolute Gasteiger partial charge is 0.497 e. The number of thiophene rings is 1. The number of nitrogens with zero attached hydrogens (tertiary/aromatic N) is 1. The molecular weight excluding hydrogens is 276 g/mol. The van der Waals surface area contributed by atoms with Crippen LogP contribution in [0.3, 0.4) is 0 Å². The van der Waals surface area contributed by atoms with Gasteiger partial charge in [-0.1, -0.05) is 0 Å². The lowest BCUT2D eigenvalue weighted by Gasteiger charge is -2.19. The van der Waals surface area contributed by atoms with E-state index in [0.29, 0.717) is 18.0 Å². The van der Waals surface area contributed by atoms with E-state index in [1.54, 1.807) is 7.11 Å². The van der Waals surface area contributed by atoms with Gasteiger partial charge in [0.15, 0.2) is 0 Å². The molecule has 0 saturated carbocycles. The lowest BCUT2D eigenvalue weighted by molar-refractivity contribution is 0.0607. The van der Waals surface area contributed by atoms with E-state index in [4.69, 9.17) is 15.2 Å². The van der Waals surface area contributed by atoms with Gasteiger partial charge in [0.1, 0.15) is 10.6 Å². The smallest absolute Gasteiger partial charge is 0.350 e. The molecule has 0 aliphatic carbocycles. The van der Waals surface area contributed by atoms with Gasteiger partial charge in [-0.05, 0) is 18.2 Å². The normalized spacial score (nSPS) is 10.6. The van der Waals surface area contributed by atoms with Crippen LogP contribution in [0.5, 0.6) is 5.75 Å². The summed E-state index contributed by atoms with van der Waals surface area (Å²) >= 11 is 1.42. The van der Waals surface area contributed by atoms with Crippen molar-refractivity contribution < 1.29 is 14.3 Å². The van der Waals surface area contributed by atoms with Crippen LogP contribution in [0, 0.1) is 0 Å². The van der Waals surface area contributed by atoms with Gasteiger partial charge < -0.3 is 20.1 Å². The average Bonchev–Trinajstić information content (AvgIpc) is 2.84. The maximum Gasteiger partial charge on any atom is 0.350 e. The van der Waals surface area contributed by atoms with Gasteiger partial charge in [0.25, 0.3) is 0 Å². The summed E-state index contributed by atoms with van der Waals surface area (Å²) in [6.07, 6.45) is 0. The quantitative estimate of drug-likeness (QED) is 0.855. The summed E-state index contributed by atoms with van der Waals surface area (Å²) in [5.74, 6) is 0.429. The molecule has 20 heavy (non-hydrogen) atoms. The minimum absolute atomic E-state index is 0.330. The Morgan fingerprint density at radius 2 is 2.15 bits per heavy atom. The predicted octanol–water partition coefficient (Wildman–Crippen LogP) is 2.09. The SMILES string of the molecule is COC(=O)c1sc2ccc(OC)cc2c1N(C)CCN. The molecule has 0 aliphatic rings. The lowest BCUT2D eigenvalue weighted by atomic mass is 10.2. The Balaban J connectivity index is 2.65. The molecule has 1 aromatic heterocycles. The van der Waals surface area contributed by atoms with Crippen molar-refractivity contribution in [3.05, 3.63) is 23.1 Å². The van der Waals surface area contributed by atoms with E-state index in [2.05, 4.69) is 0 Å². The van der Waals surface area contributed by atoms with Crippen LogP contribution in [0.2, 0.25) is 0 Å². The Morgan fingerprint density at radius 3 is 2.75 bits per heavy atom. The number of methoxy groups -OCH3 is 2. The molecule has 0 unspecified atom stereocenters. The lowest BCUT2D eigenvalue weighted by Crippen LogP contribution is -2.26. The van der Waals surface area contributed by atoms with Crippen LogP contribution in [-0.2, 0) is 4.74 Å². The number of benzene rings is 1. The zero-order valence-electron chi connectivity index (χ0n) is 11.8. The number of hydrogen-bond acceptors (Lipinski definition) is 6. The first kappa shape index (κ1) is 14.6. The van der Waals surface area contributed by atoms with E-state index in [1.807, 2.05) is 30.1 Å². The molecule has 6 heteroatoms. The second kappa shape index (κ2) is 6.11. The summed E-state index contributed by atoms with van der Waals surface area (Å²) in [4.78, 5) is 14.5. The van der Waals surface area contributed by atoms with Gasteiger partial charge in [-0.25, -0.2) is 4.79 Å². The molecule has 0 amide bonds. The maximum absolute atomic E-state index is 12.0. The summed E-state index contributed by atoms with van der Waals surface area (Å²) in [6.45, 7) is 1.17. The minimum Gasteiger partial charge on any atom is -0.497 e. The van der Waals surface area contributed by atoms with Gasteiger partial charge in [0.05, 0.1) is 19.9 Å². The summed E-state index contributed by atoms with van der Waals surface area (Å²) < 4.78 is 11.2. The Hall–Kier alpha value is -1.79. The van der Waals surface area contributed by atoms with Crippen LogP contribution < -0.4 is 15.4 Å². The predicted molar refractivity (Wildman–Crippen MR) is 82.0 cm³/mol. The van der Waals surface area contributed by atoms with E-state index in [9.17, 15) is 4.79 Å². The summed E-state index contributed by atoms with van der Waals surface area (Å²) in [7, 11) is 4.93. The topological polar surface area (TPSA) is 64.8 Å². The summed E-state index contributed by atoms with van der Waals surface area (Å²) in [5, 5.41) is 0.978. The number of anilines is 1. The monoisotopic (exact) mass is 294 g/mol. The highest BCUT2D eigenvalue weighted by molar-refractivity contribution is 7.21. The molecule has 0 saturated heterocycles. The average molecular weight is 294 g/mol. The van der Waals surface area contributed by atoms with Crippen LogP contribution in [-0.4, -0.2) is 40.3 Å². The number of fused-ring (bicyclic) bond motifs is 1. The number of rotatable bonds is 5. The van der Waals surface area contributed by atoms with Crippen molar-refractivity contribution in [1.29, 1.82) is 0 Å². The third-order valence-corrected chi connectivity index (χ3v) is 4.23. The van der Waals surface area contributed by atoms with Crippen LogP contribution in [0.4, 0.5) is 5.69 Å². The van der Waals surface area contributed by atoms with E-state index in [1.165, 1.54) is 18.4 Å². The number of hydrogen-bond donors (Lipinski definition) is 1. The second-order valence-electron chi connectivity index (χ2n) is 4.34. The molecule has 1 heterocycles. The van der Waals surface area contributed by atoms with Crippen molar-refractivity contribution in [2.24, 2.45) is 5.73 Å². The number of likely N-dealkylation sites (N-methyl/N-ethyl adjacent to an activating group) is 1. The van der Waals surface area contributed by atoms with E-state index >= 15 is 0 Å². The molecular formula is C14H18N2O3S. The van der Waals surface area contributed by atoms with Crippen molar-refractivity contribution >= 4 is 33.1 Å². The van der Waals surface area contributed by atoms with Crippen molar-refractivity contribution in [1.82, 2.24) is 0 Å². The number of carbonyl (C=O) groups excluding carboxylic acids is 1. The van der Waals surface area contributed by atoms with Crippen LogP contribution in [0.15, 0.2) is 18.2 Å². The Morgan fingerprint density at radius 1 is 1.40 bits per heavy atom. The molecule has 0 atom stereocenters. The molecule has 0 bridgehead atoms. The highest BCUT2D eigenvalue weighted by Crippen LogP contribution is 2.39. The number of esters is 1. The third-order valence-electron chi connectivity index (χ3n) is 3.09. The van der Waals surface area contributed by atoms with Crippen LogP contribution in [0.25, 0.3) is 10.1 Å². The molecule has 1 aromatic carbocycles. The van der Waals surface area contributed by atoms with Crippen molar-refractivity contribution in [2.45, 2.75) is 0 Å². The Labute approximate surface area is 121 Å². The fourth-order valence-corrected chi connectivity index (χ4v) is 3.26. The van der Waals surface area contributed by atoms with Gasteiger partial charge in [0, 0.05) is 30.2 Å². The van der Waals surface area contributed by atoms with Crippen molar-refractivity contribution in [3.8, 4) is 5.75 Å². The first-order valence-electron chi connectivity index (χ1n) is 6.22. The van der Waals surface area contributed by atoms with E-state index in [0.717, 1.165) is 21.5 Å². The Kier molecular flexibility index (Phi) is 4.46. The molecule has 2 aromatic rings. The van der Waals surface area contributed by atoms with Crippen LogP contribution in [0.1, 0.15) is 9.67 Å². The summed E-state index contributed by atoms with van der Waals surface area (Å²) in [5.41, 5.74) is 6.46. The van der Waals surface area contributed by atoms with Gasteiger partial charge >= 0.3 is 5.97 Å². The third kappa shape index (κ3) is 2.57. The number of carbonyl (C=O) groups is 1. The van der Waals surface area contributed by atoms with Gasteiger partial charge in [-0.2, -0.15) is 0 Å². The first-order valence-corrected chi connectivity index (χ1v) is 7.04. The molecule has 5 nitrogen and oxygen atoms in total. The van der Waals surface area contributed by atoms with E-state index in [-0.39, 0.29) is 5.97 Å². The van der Waals surface area contributed by atoms with Crippen LogP contribution >= 0.6 is 11.3 Å². The zero-order chi connectivity index (χ0) is 14.7. The number of ether oxygens (including phenoxy) is 2. The highest BCUT2D eigenvalue weighted by atomic mass is 32.1. The molecule has 0 fully saturated rings. The fourth-order valence-electron chi connectivity index (χ4n) is 2.11. The van der Waals surface area contributed by atoms with Gasteiger partial charge in [-0.3, -0.25) is 0 Å². The molecule has 0 spiro atoms. The first-order chi connectivity index (χ1) is 9.62. The van der Waals surface area contributed by atoms with Crippen molar-refractivity contribution in [2.75, 3.05) is 39.3 Å². The molecule has 2 rings (SSSR count). The molecule has 2 N–H and O–H groups in total.